The first-order valence-electron chi connectivity index (χ1n) is 8.90. The highest BCUT2D eigenvalue weighted by molar-refractivity contribution is 7.99. The minimum atomic E-state index is -0.201. The summed E-state index contributed by atoms with van der Waals surface area (Å²) in [6.07, 6.45) is 3.11. The van der Waals surface area contributed by atoms with Crippen LogP contribution < -0.4 is 5.56 Å². The van der Waals surface area contributed by atoms with E-state index in [0.29, 0.717) is 37.1 Å². The predicted octanol–water partition coefficient (Wildman–Crippen LogP) is 1.39. The molecule has 0 bridgehead atoms. The number of carbonyl (C=O) groups excluding carboxylic acids is 2. The molecule has 3 rings (SSSR count). The number of amides is 2. The van der Waals surface area contributed by atoms with Gasteiger partial charge in [-0.15, -0.1) is 0 Å². The molecule has 0 unspecified atom stereocenters. The minimum Gasteiger partial charge on any atom is -0.459 e. The van der Waals surface area contributed by atoms with E-state index in [9.17, 15) is 14.4 Å². The molecule has 3 heterocycles. The van der Waals surface area contributed by atoms with Gasteiger partial charge in [0.25, 0.3) is 11.5 Å². The first-order valence-corrected chi connectivity index (χ1v) is 9.89. The number of aromatic nitrogens is 2. The highest BCUT2D eigenvalue weighted by Crippen LogP contribution is 2.15. The van der Waals surface area contributed by atoms with Crippen LogP contribution in [0.15, 0.2) is 38.8 Å². The SMILES string of the molecule is CCCc1cc(=O)[nH]c(SCC(=O)N2CCN(C(=O)c3ccco3)CC2)n1. The predicted molar refractivity (Wildman–Crippen MR) is 101 cm³/mol. The van der Waals surface area contributed by atoms with Crippen molar-refractivity contribution in [1.82, 2.24) is 19.8 Å². The van der Waals surface area contributed by atoms with Crippen LogP contribution in [0, 0.1) is 0 Å². The van der Waals surface area contributed by atoms with Crippen LogP contribution in [0.4, 0.5) is 0 Å². The molecule has 0 saturated carbocycles. The second-order valence-corrected chi connectivity index (χ2v) is 7.19. The van der Waals surface area contributed by atoms with Gasteiger partial charge in [-0.05, 0) is 18.6 Å². The fraction of sp³-hybridized carbons (Fsp3) is 0.444. The van der Waals surface area contributed by atoms with Gasteiger partial charge in [0.2, 0.25) is 5.91 Å². The standard InChI is InChI=1S/C18H22N4O4S/c1-2-4-13-11-15(23)20-18(19-13)27-12-16(24)21-6-8-22(9-7-21)17(25)14-5-3-10-26-14/h3,5,10-11H,2,4,6-9,12H2,1H3,(H,19,20,23). The number of H-pyrrole nitrogens is 1. The van der Waals surface area contributed by atoms with Crippen LogP contribution in [-0.2, 0) is 11.2 Å². The summed E-state index contributed by atoms with van der Waals surface area (Å²) in [5, 5.41) is 0.464. The summed E-state index contributed by atoms with van der Waals surface area (Å²) in [5.41, 5.74) is 0.537. The smallest absolute Gasteiger partial charge is 0.289 e. The van der Waals surface area contributed by atoms with Crippen molar-refractivity contribution in [2.24, 2.45) is 0 Å². The summed E-state index contributed by atoms with van der Waals surface area (Å²) in [6, 6.07) is 4.81. The van der Waals surface area contributed by atoms with Crippen LogP contribution in [0.5, 0.6) is 0 Å². The molecule has 1 saturated heterocycles. The van der Waals surface area contributed by atoms with Crippen molar-refractivity contribution >= 4 is 23.6 Å². The van der Waals surface area contributed by atoms with Crippen molar-refractivity contribution in [3.05, 3.63) is 46.3 Å². The zero-order valence-corrected chi connectivity index (χ0v) is 16.0. The molecule has 0 radical (unpaired) electrons. The zero-order valence-electron chi connectivity index (χ0n) is 15.1. The lowest BCUT2D eigenvalue weighted by atomic mass is 10.2. The third-order valence-electron chi connectivity index (χ3n) is 4.26. The normalized spacial score (nSPS) is 14.4. The number of furan rings is 1. The number of hydrogen-bond acceptors (Lipinski definition) is 6. The van der Waals surface area contributed by atoms with Gasteiger partial charge in [-0.1, -0.05) is 25.1 Å². The maximum Gasteiger partial charge on any atom is 0.289 e. The van der Waals surface area contributed by atoms with E-state index in [-0.39, 0.29) is 23.1 Å². The Morgan fingerprint density at radius 3 is 2.67 bits per heavy atom. The van der Waals surface area contributed by atoms with Gasteiger partial charge in [-0.3, -0.25) is 14.4 Å². The average molecular weight is 390 g/mol. The molecule has 1 N–H and O–H groups in total. The average Bonchev–Trinajstić information content (AvgIpc) is 3.20. The van der Waals surface area contributed by atoms with Gasteiger partial charge in [0.1, 0.15) is 0 Å². The van der Waals surface area contributed by atoms with Crippen molar-refractivity contribution in [1.29, 1.82) is 0 Å². The molecule has 2 aromatic heterocycles. The minimum absolute atomic E-state index is 0.0337. The van der Waals surface area contributed by atoms with Crippen LogP contribution in [0.1, 0.15) is 29.6 Å². The Morgan fingerprint density at radius 2 is 2.00 bits per heavy atom. The Morgan fingerprint density at radius 1 is 1.26 bits per heavy atom. The number of aromatic amines is 1. The third kappa shape index (κ3) is 5.00. The van der Waals surface area contributed by atoms with Gasteiger partial charge in [0, 0.05) is 37.9 Å². The van der Waals surface area contributed by atoms with Gasteiger partial charge in [0.15, 0.2) is 10.9 Å². The molecule has 0 atom stereocenters. The summed E-state index contributed by atoms with van der Waals surface area (Å²) < 4.78 is 5.14. The van der Waals surface area contributed by atoms with E-state index in [1.165, 1.54) is 24.1 Å². The lowest BCUT2D eigenvalue weighted by molar-refractivity contribution is -0.129. The third-order valence-corrected chi connectivity index (χ3v) is 5.12. The first-order chi connectivity index (χ1) is 13.1. The highest BCUT2D eigenvalue weighted by Gasteiger charge is 2.26. The molecular formula is C18H22N4O4S. The second-order valence-electron chi connectivity index (χ2n) is 6.23. The van der Waals surface area contributed by atoms with Gasteiger partial charge in [-0.2, -0.15) is 0 Å². The van der Waals surface area contributed by atoms with E-state index in [1.807, 2.05) is 6.92 Å². The van der Waals surface area contributed by atoms with E-state index < -0.39 is 0 Å². The Labute approximate surface area is 160 Å². The van der Waals surface area contributed by atoms with Crippen molar-refractivity contribution in [2.45, 2.75) is 24.9 Å². The molecule has 2 aromatic rings. The van der Waals surface area contributed by atoms with Crippen molar-refractivity contribution in [2.75, 3.05) is 31.9 Å². The van der Waals surface area contributed by atoms with Crippen LogP contribution in [0.2, 0.25) is 0 Å². The Bertz CT molecular complexity index is 841. The van der Waals surface area contributed by atoms with Crippen LogP contribution in [0.3, 0.4) is 0 Å². The van der Waals surface area contributed by atoms with E-state index in [2.05, 4.69) is 9.97 Å². The lowest BCUT2D eigenvalue weighted by Crippen LogP contribution is -2.51. The van der Waals surface area contributed by atoms with Crippen molar-refractivity contribution in [3.8, 4) is 0 Å². The number of thioether (sulfide) groups is 1. The molecule has 27 heavy (non-hydrogen) atoms. The van der Waals surface area contributed by atoms with Crippen LogP contribution in [-0.4, -0.2) is 63.5 Å². The van der Waals surface area contributed by atoms with Crippen molar-refractivity contribution < 1.29 is 14.0 Å². The van der Waals surface area contributed by atoms with E-state index >= 15 is 0 Å². The Balaban J connectivity index is 1.50. The van der Waals surface area contributed by atoms with Crippen LogP contribution in [0.25, 0.3) is 0 Å². The number of aryl methyl sites for hydroxylation is 1. The number of nitrogens with one attached hydrogen (secondary N) is 1. The van der Waals surface area contributed by atoms with Gasteiger partial charge in [-0.25, -0.2) is 4.98 Å². The number of carbonyl (C=O) groups is 2. The van der Waals surface area contributed by atoms with Gasteiger partial charge >= 0.3 is 0 Å². The summed E-state index contributed by atoms with van der Waals surface area (Å²) >= 11 is 1.23. The monoisotopic (exact) mass is 390 g/mol. The number of nitrogens with zero attached hydrogens (tertiary/aromatic N) is 3. The highest BCUT2D eigenvalue weighted by atomic mass is 32.2. The first kappa shape index (κ1) is 19.2. The molecule has 1 aliphatic rings. The maximum atomic E-state index is 12.4. The molecule has 0 aromatic carbocycles. The van der Waals surface area contributed by atoms with Crippen LogP contribution >= 0.6 is 11.8 Å². The lowest BCUT2D eigenvalue weighted by Gasteiger charge is -2.34. The molecule has 0 aliphatic carbocycles. The zero-order chi connectivity index (χ0) is 19.2. The fourth-order valence-corrected chi connectivity index (χ4v) is 3.67. The Kier molecular flexibility index (Phi) is 6.33. The molecule has 2 amide bonds. The summed E-state index contributed by atoms with van der Waals surface area (Å²) in [6.45, 7) is 3.92. The molecular weight excluding hydrogens is 368 g/mol. The fourth-order valence-electron chi connectivity index (χ4n) is 2.87. The topological polar surface area (TPSA) is 99.5 Å². The molecule has 9 heteroatoms. The second kappa shape index (κ2) is 8.90. The van der Waals surface area contributed by atoms with Crippen molar-refractivity contribution in [3.63, 3.8) is 0 Å². The number of hydrogen-bond donors (Lipinski definition) is 1. The molecule has 1 fully saturated rings. The Hall–Kier alpha value is -2.55. The molecule has 8 nitrogen and oxygen atoms in total. The number of piperazine rings is 1. The van der Waals surface area contributed by atoms with E-state index in [4.69, 9.17) is 4.42 Å². The van der Waals surface area contributed by atoms with Gasteiger partial charge < -0.3 is 19.2 Å². The maximum absolute atomic E-state index is 12.4. The molecule has 144 valence electrons. The number of rotatable bonds is 6. The summed E-state index contributed by atoms with van der Waals surface area (Å²) in [5.74, 6) is 0.321. The van der Waals surface area contributed by atoms with E-state index in [1.54, 1.807) is 21.9 Å². The van der Waals surface area contributed by atoms with E-state index in [0.717, 1.165) is 18.5 Å². The molecule has 0 spiro atoms. The molecule has 1 aliphatic heterocycles. The van der Waals surface area contributed by atoms with Gasteiger partial charge in [0.05, 0.1) is 12.0 Å². The quantitative estimate of drug-likeness (QED) is 0.591. The largest absolute Gasteiger partial charge is 0.459 e. The summed E-state index contributed by atoms with van der Waals surface area (Å²) in [7, 11) is 0. The summed E-state index contributed by atoms with van der Waals surface area (Å²) in [4.78, 5) is 46.8.